The number of hydrazine groups is 1. The summed E-state index contributed by atoms with van der Waals surface area (Å²) < 4.78 is 5.33. The van der Waals surface area contributed by atoms with Crippen LogP contribution >= 0.6 is 12.2 Å². The number of ether oxygens (including phenoxy) is 1. The Hall–Kier alpha value is -1.77. The van der Waals surface area contributed by atoms with Gasteiger partial charge in [0.25, 0.3) is 0 Å². The molecule has 0 atom stereocenters. The normalized spacial score (nSPS) is 9.00. The minimum absolute atomic E-state index is 0.202. The Morgan fingerprint density at radius 3 is 2.71 bits per heavy atom. The Morgan fingerprint density at radius 2 is 2.12 bits per heavy atom. The number of benzene rings is 1. The van der Waals surface area contributed by atoms with Crippen LogP contribution < -0.4 is 21.3 Å². The van der Waals surface area contributed by atoms with Crippen molar-refractivity contribution in [3.05, 3.63) is 29.8 Å². The van der Waals surface area contributed by atoms with E-state index in [1.807, 2.05) is 31.2 Å². The second-order valence-electron chi connectivity index (χ2n) is 3.10. The molecule has 17 heavy (non-hydrogen) atoms. The Labute approximate surface area is 107 Å². The zero-order valence-corrected chi connectivity index (χ0v) is 10.4. The third-order valence-corrected chi connectivity index (χ3v) is 1.89. The molecule has 0 aromatic heterocycles. The minimum Gasteiger partial charge on any atom is -0.494 e. The number of hydrogen-bond donors (Lipinski definition) is 3. The third kappa shape index (κ3) is 5.76. The van der Waals surface area contributed by atoms with E-state index >= 15 is 0 Å². The second-order valence-corrected chi connectivity index (χ2v) is 3.54. The quantitative estimate of drug-likeness (QED) is 0.318. The van der Waals surface area contributed by atoms with Crippen LogP contribution in [-0.4, -0.2) is 18.3 Å². The molecule has 1 aromatic carbocycles. The summed E-state index contributed by atoms with van der Waals surface area (Å²) in [4.78, 5) is 0. The third-order valence-electron chi connectivity index (χ3n) is 1.79. The molecule has 5 heteroatoms. The number of nitrogens with two attached hydrogens (primary N) is 1. The van der Waals surface area contributed by atoms with E-state index < -0.39 is 0 Å². The van der Waals surface area contributed by atoms with Crippen LogP contribution in [0.25, 0.3) is 0 Å². The van der Waals surface area contributed by atoms with Crippen molar-refractivity contribution in [2.45, 2.75) is 6.92 Å². The van der Waals surface area contributed by atoms with E-state index in [0.29, 0.717) is 13.2 Å². The molecule has 1 rings (SSSR count). The van der Waals surface area contributed by atoms with E-state index in [1.54, 1.807) is 0 Å². The first-order valence-electron chi connectivity index (χ1n) is 5.22. The molecule has 0 aliphatic rings. The highest BCUT2D eigenvalue weighted by Gasteiger charge is 1.90. The van der Waals surface area contributed by atoms with Gasteiger partial charge in [0.05, 0.1) is 13.2 Å². The standard InChI is InChI=1S/C12H15N3OS/c1-2-16-11-7-5-10(6-8-11)4-3-9-14-15-12(13)17/h5-8,14H,2,9H2,1H3,(H3,13,15,17). The van der Waals surface area contributed by atoms with Gasteiger partial charge < -0.3 is 10.5 Å². The Kier molecular flexibility index (Phi) is 5.86. The average Bonchev–Trinajstić information content (AvgIpc) is 2.31. The number of rotatable bonds is 4. The average molecular weight is 249 g/mol. The van der Waals surface area contributed by atoms with Gasteiger partial charge in [0.15, 0.2) is 5.11 Å². The molecular weight excluding hydrogens is 234 g/mol. The van der Waals surface area contributed by atoms with Crippen LogP contribution in [0, 0.1) is 11.8 Å². The molecule has 4 N–H and O–H groups in total. The lowest BCUT2D eigenvalue weighted by molar-refractivity contribution is 0.340. The van der Waals surface area contributed by atoms with Gasteiger partial charge in [-0.1, -0.05) is 11.8 Å². The molecule has 1 aromatic rings. The van der Waals surface area contributed by atoms with Crippen LogP contribution in [0.2, 0.25) is 0 Å². The zero-order valence-electron chi connectivity index (χ0n) is 9.62. The molecular formula is C12H15N3OS. The van der Waals surface area contributed by atoms with Gasteiger partial charge in [0.1, 0.15) is 5.75 Å². The maximum atomic E-state index is 5.33. The molecule has 0 spiro atoms. The van der Waals surface area contributed by atoms with E-state index in [0.717, 1.165) is 11.3 Å². The molecule has 0 radical (unpaired) electrons. The van der Waals surface area contributed by atoms with Gasteiger partial charge in [0.2, 0.25) is 0 Å². The highest BCUT2D eigenvalue weighted by atomic mass is 32.1. The predicted octanol–water partition coefficient (Wildman–Crippen LogP) is 0.775. The molecule has 0 aliphatic carbocycles. The minimum atomic E-state index is 0.202. The first-order valence-corrected chi connectivity index (χ1v) is 5.63. The number of nitrogens with one attached hydrogen (secondary N) is 2. The van der Waals surface area contributed by atoms with Crippen LogP contribution in [0.1, 0.15) is 12.5 Å². The molecule has 0 saturated heterocycles. The van der Waals surface area contributed by atoms with Crippen molar-refractivity contribution < 1.29 is 4.74 Å². The molecule has 0 unspecified atom stereocenters. The van der Waals surface area contributed by atoms with Gasteiger partial charge in [-0.3, -0.25) is 5.43 Å². The molecule has 0 heterocycles. The van der Waals surface area contributed by atoms with Crippen LogP contribution in [0.5, 0.6) is 5.75 Å². The Balaban J connectivity index is 2.40. The van der Waals surface area contributed by atoms with Gasteiger partial charge in [-0.25, -0.2) is 5.43 Å². The molecule has 0 amide bonds. The highest BCUT2D eigenvalue weighted by Crippen LogP contribution is 2.10. The predicted molar refractivity (Wildman–Crippen MR) is 72.4 cm³/mol. The number of hydrogen-bond acceptors (Lipinski definition) is 3. The summed E-state index contributed by atoms with van der Waals surface area (Å²) >= 11 is 4.62. The van der Waals surface area contributed by atoms with E-state index in [4.69, 9.17) is 10.5 Å². The largest absolute Gasteiger partial charge is 0.494 e. The maximum Gasteiger partial charge on any atom is 0.178 e. The summed E-state index contributed by atoms with van der Waals surface area (Å²) in [6, 6.07) is 7.63. The second kappa shape index (κ2) is 7.49. The topological polar surface area (TPSA) is 59.3 Å². The van der Waals surface area contributed by atoms with Crippen molar-refractivity contribution in [2.75, 3.05) is 13.2 Å². The molecule has 0 fully saturated rings. The van der Waals surface area contributed by atoms with E-state index in [1.165, 1.54) is 0 Å². The molecule has 90 valence electrons. The number of thiocarbonyl (C=S) groups is 1. The zero-order chi connectivity index (χ0) is 12.5. The first-order chi connectivity index (χ1) is 8.22. The van der Waals surface area contributed by atoms with E-state index in [-0.39, 0.29) is 5.11 Å². The van der Waals surface area contributed by atoms with Crippen LogP contribution in [0.3, 0.4) is 0 Å². The summed E-state index contributed by atoms with van der Waals surface area (Å²) in [6.07, 6.45) is 0. The summed E-state index contributed by atoms with van der Waals surface area (Å²) in [5, 5.41) is 0.202. The SMILES string of the molecule is CCOc1ccc(C#CCNNC(N)=S)cc1. The van der Waals surface area contributed by atoms with Gasteiger partial charge >= 0.3 is 0 Å². The lowest BCUT2D eigenvalue weighted by Gasteiger charge is -2.01. The molecule has 0 bridgehead atoms. The van der Waals surface area contributed by atoms with Gasteiger partial charge in [0, 0.05) is 5.56 Å². The lowest BCUT2D eigenvalue weighted by atomic mass is 10.2. The molecule has 4 nitrogen and oxygen atoms in total. The van der Waals surface area contributed by atoms with Gasteiger partial charge in [-0.15, -0.1) is 0 Å². The summed E-state index contributed by atoms with van der Waals surface area (Å²) in [7, 11) is 0. The van der Waals surface area contributed by atoms with Crippen molar-refractivity contribution in [3.8, 4) is 17.6 Å². The van der Waals surface area contributed by atoms with E-state index in [2.05, 4.69) is 34.9 Å². The summed E-state index contributed by atoms with van der Waals surface area (Å²) in [6.45, 7) is 3.08. The first kappa shape index (κ1) is 13.3. The van der Waals surface area contributed by atoms with E-state index in [9.17, 15) is 0 Å². The fourth-order valence-corrected chi connectivity index (χ4v) is 1.20. The molecule has 0 saturated carbocycles. The Morgan fingerprint density at radius 1 is 1.41 bits per heavy atom. The summed E-state index contributed by atoms with van der Waals surface area (Å²) in [5.41, 5.74) is 11.5. The van der Waals surface area contributed by atoms with Crippen molar-refractivity contribution in [3.63, 3.8) is 0 Å². The lowest BCUT2D eigenvalue weighted by Crippen LogP contribution is -2.40. The summed E-state index contributed by atoms with van der Waals surface area (Å²) in [5.74, 6) is 6.78. The fraction of sp³-hybridized carbons (Fsp3) is 0.250. The molecule has 0 aliphatic heterocycles. The highest BCUT2D eigenvalue weighted by molar-refractivity contribution is 7.80. The smallest absolute Gasteiger partial charge is 0.178 e. The maximum absolute atomic E-state index is 5.33. The van der Waals surface area contributed by atoms with Gasteiger partial charge in [-0.05, 0) is 43.4 Å². The van der Waals surface area contributed by atoms with Crippen LogP contribution in [0.15, 0.2) is 24.3 Å². The van der Waals surface area contributed by atoms with Crippen LogP contribution in [-0.2, 0) is 0 Å². The Bertz CT molecular complexity index is 420. The van der Waals surface area contributed by atoms with Crippen molar-refractivity contribution in [2.24, 2.45) is 5.73 Å². The monoisotopic (exact) mass is 249 g/mol. The fourth-order valence-electron chi connectivity index (χ4n) is 1.12. The van der Waals surface area contributed by atoms with Crippen molar-refractivity contribution in [1.82, 2.24) is 10.9 Å². The van der Waals surface area contributed by atoms with Crippen LogP contribution in [0.4, 0.5) is 0 Å². The van der Waals surface area contributed by atoms with Gasteiger partial charge in [-0.2, -0.15) is 0 Å². The van der Waals surface area contributed by atoms with Crippen molar-refractivity contribution >= 4 is 17.3 Å². The van der Waals surface area contributed by atoms with Crippen molar-refractivity contribution in [1.29, 1.82) is 0 Å².